The number of para-hydroxylation sites is 1. The summed E-state index contributed by atoms with van der Waals surface area (Å²) in [5.41, 5.74) is 1.48. The fourth-order valence-corrected chi connectivity index (χ4v) is 4.21. The van der Waals surface area contributed by atoms with Gasteiger partial charge in [0.25, 0.3) is 5.91 Å². The Hall–Kier alpha value is -3.22. The number of nitrogens with one attached hydrogen (secondary N) is 1. The fraction of sp³-hybridized carbons (Fsp3) is 0.462. The fourth-order valence-electron chi connectivity index (χ4n) is 4.21. The number of carbonyl (C=O) groups is 2. The minimum absolute atomic E-state index is 0.0362. The first-order valence-corrected chi connectivity index (χ1v) is 11.4. The molecule has 2 aliphatic rings. The number of fused-ring (bicyclic) bond motifs is 2. The SMILES string of the molecule is CCCN1C(=O)C(C)(C)COc2cc(NC(=O)COc3cccc4c3OC(C)(C)C4)ccc21. The van der Waals surface area contributed by atoms with Gasteiger partial charge in [-0.1, -0.05) is 19.1 Å². The summed E-state index contributed by atoms with van der Waals surface area (Å²) >= 11 is 0. The Morgan fingerprint density at radius 1 is 1.18 bits per heavy atom. The molecule has 33 heavy (non-hydrogen) atoms. The molecule has 0 bridgehead atoms. The summed E-state index contributed by atoms with van der Waals surface area (Å²) in [7, 11) is 0. The minimum atomic E-state index is -0.627. The molecule has 4 rings (SSSR count). The molecule has 2 aliphatic heterocycles. The van der Waals surface area contributed by atoms with Crippen molar-refractivity contribution in [1.29, 1.82) is 0 Å². The summed E-state index contributed by atoms with van der Waals surface area (Å²) in [6, 6.07) is 11.1. The highest BCUT2D eigenvalue weighted by molar-refractivity contribution is 6.00. The van der Waals surface area contributed by atoms with Crippen LogP contribution in [0.5, 0.6) is 17.2 Å². The topological polar surface area (TPSA) is 77.1 Å². The van der Waals surface area contributed by atoms with E-state index in [-0.39, 0.29) is 30.6 Å². The Balaban J connectivity index is 1.45. The monoisotopic (exact) mass is 452 g/mol. The zero-order valence-electron chi connectivity index (χ0n) is 20.0. The molecule has 2 aromatic carbocycles. The van der Waals surface area contributed by atoms with Crippen molar-refractivity contribution in [2.75, 3.05) is 30.0 Å². The lowest BCUT2D eigenvalue weighted by Crippen LogP contribution is -2.42. The van der Waals surface area contributed by atoms with Crippen molar-refractivity contribution in [3.63, 3.8) is 0 Å². The average Bonchev–Trinajstić information content (AvgIpc) is 3.04. The Morgan fingerprint density at radius 2 is 1.97 bits per heavy atom. The van der Waals surface area contributed by atoms with Gasteiger partial charge in [0, 0.05) is 30.3 Å². The van der Waals surface area contributed by atoms with E-state index in [0.29, 0.717) is 29.5 Å². The molecule has 0 spiro atoms. The standard InChI is InChI=1S/C26H32N2O5/c1-6-12-28-19-11-10-18(13-21(19)32-16-25(2,3)24(28)30)27-22(29)15-31-20-9-7-8-17-14-26(4,5)33-23(17)20/h7-11,13H,6,12,14-16H2,1-5H3,(H,27,29). The Labute approximate surface area is 195 Å². The summed E-state index contributed by atoms with van der Waals surface area (Å²) in [5, 5.41) is 2.86. The highest BCUT2D eigenvalue weighted by atomic mass is 16.5. The van der Waals surface area contributed by atoms with Gasteiger partial charge in [-0.2, -0.15) is 0 Å². The van der Waals surface area contributed by atoms with Crippen molar-refractivity contribution in [2.45, 2.75) is 53.1 Å². The molecule has 0 aliphatic carbocycles. The third-order valence-electron chi connectivity index (χ3n) is 5.81. The first kappa shape index (κ1) is 23.0. The summed E-state index contributed by atoms with van der Waals surface area (Å²) in [6.07, 6.45) is 1.64. The third kappa shape index (κ3) is 4.77. The van der Waals surface area contributed by atoms with Crippen LogP contribution in [-0.4, -0.2) is 37.2 Å². The number of nitrogens with zero attached hydrogens (tertiary/aromatic N) is 1. The second-order valence-electron chi connectivity index (χ2n) is 9.93. The Kier molecular flexibility index (Phi) is 5.99. The number of rotatable bonds is 6. The van der Waals surface area contributed by atoms with E-state index < -0.39 is 5.41 Å². The lowest BCUT2D eigenvalue weighted by Gasteiger charge is -2.27. The van der Waals surface area contributed by atoms with Crippen molar-refractivity contribution < 1.29 is 23.8 Å². The summed E-state index contributed by atoms with van der Waals surface area (Å²) in [4.78, 5) is 27.3. The van der Waals surface area contributed by atoms with Gasteiger partial charge in [-0.15, -0.1) is 0 Å². The normalized spacial score (nSPS) is 17.8. The van der Waals surface area contributed by atoms with E-state index in [0.717, 1.165) is 24.1 Å². The lowest BCUT2D eigenvalue weighted by molar-refractivity contribution is -0.127. The lowest BCUT2D eigenvalue weighted by atomic mass is 9.93. The van der Waals surface area contributed by atoms with Crippen molar-refractivity contribution in [3.05, 3.63) is 42.0 Å². The molecule has 2 heterocycles. The van der Waals surface area contributed by atoms with Crippen LogP contribution in [0.1, 0.15) is 46.6 Å². The molecule has 176 valence electrons. The zero-order valence-corrected chi connectivity index (χ0v) is 20.0. The van der Waals surface area contributed by atoms with Crippen LogP contribution in [0.15, 0.2) is 36.4 Å². The molecule has 0 radical (unpaired) electrons. The molecule has 2 amide bonds. The predicted molar refractivity (Wildman–Crippen MR) is 127 cm³/mol. The van der Waals surface area contributed by atoms with Crippen LogP contribution in [0, 0.1) is 5.41 Å². The molecule has 0 atom stereocenters. The van der Waals surface area contributed by atoms with Gasteiger partial charge in [-0.05, 0) is 52.3 Å². The largest absolute Gasteiger partial charge is 0.490 e. The Morgan fingerprint density at radius 3 is 2.73 bits per heavy atom. The van der Waals surface area contributed by atoms with E-state index in [1.807, 2.05) is 58.9 Å². The highest BCUT2D eigenvalue weighted by Crippen LogP contribution is 2.42. The summed E-state index contributed by atoms with van der Waals surface area (Å²) in [6.45, 7) is 10.6. The van der Waals surface area contributed by atoms with E-state index in [4.69, 9.17) is 14.2 Å². The van der Waals surface area contributed by atoms with Gasteiger partial charge in [0.05, 0.1) is 11.1 Å². The Bertz CT molecular complexity index is 1080. The molecule has 7 heteroatoms. The van der Waals surface area contributed by atoms with Gasteiger partial charge >= 0.3 is 0 Å². The smallest absolute Gasteiger partial charge is 0.262 e. The second-order valence-corrected chi connectivity index (χ2v) is 9.93. The predicted octanol–water partition coefficient (Wildman–Crippen LogP) is 4.58. The molecule has 0 aromatic heterocycles. The van der Waals surface area contributed by atoms with E-state index in [2.05, 4.69) is 5.32 Å². The molecular formula is C26H32N2O5. The van der Waals surface area contributed by atoms with Gasteiger partial charge in [-0.3, -0.25) is 9.59 Å². The highest BCUT2D eigenvalue weighted by Gasteiger charge is 2.37. The van der Waals surface area contributed by atoms with Crippen LogP contribution in [0.2, 0.25) is 0 Å². The van der Waals surface area contributed by atoms with Crippen LogP contribution < -0.4 is 24.4 Å². The van der Waals surface area contributed by atoms with Gasteiger partial charge in [-0.25, -0.2) is 0 Å². The van der Waals surface area contributed by atoms with E-state index in [9.17, 15) is 9.59 Å². The molecule has 0 saturated heterocycles. The molecule has 1 N–H and O–H groups in total. The van der Waals surface area contributed by atoms with E-state index in [1.54, 1.807) is 17.0 Å². The maximum atomic E-state index is 13.0. The number of carbonyl (C=O) groups excluding carboxylic acids is 2. The molecule has 2 aromatic rings. The van der Waals surface area contributed by atoms with Crippen molar-refractivity contribution in [2.24, 2.45) is 5.41 Å². The number of amides is 2. The summed E-state index contributed by atoms with van der Waals surface area (Å²) < 4.78 is 17.7. The first-order valence-electron chi connectivity index (χ1n) is 11.4. The van der Waals surface area contributed by atoms with E-state index >= 15 is 0 Å². The third-order valence-corrected chi connectivity index (χ3v) is 5.81. The number of ether oxygens (including phenoxy) is 3. The number of benzene rings is 2. The molecule has 0 saturated carbocycles. The summed E-state index contributed by atoms with van der Waals surface area (Å²) in [5.74, 6) is 1.60. The van der Waals surface area contributed by atoms with E-state index in [1.165, 1.54) is 0 Å². The number of hydrogen-bond donors (Lipinski definition) is 1. The maximum absolute atomic E-state index is 13.0. The maximum Gasteiger partial charge on any atom is 0.262 e. The molecule has 7 nitrogen and oxygen atoms in total. The van der Waals surface area contributed by atoms with Crippen molar-refractivity contribution in [1.82, 2.24) is 0 Å². The molecule has 0 unspecified atom stereocenters. The minimum Gasteiger partial charge on any atom is -0.490 e. The van der Waals surface area contributed by atoms with Crippen molar-refractivity contribution in [3.8, 4) is 17.2 Å². The van der Waals surface area contributed by atoms with Crippen LogP contribution >= 0.6 is 0 Å². The van der Waals surface area contributed by atoms with Gasteiger partial charge in [0.2, 0.25) is 5.91 Å². The van der Waals surface area contributed by atoms with Gasteiger partial charge in [0.15, 0.2) is 18.1 Å². The van der Waals surface area contributed by atoms with Crippen molar-refractivity contribution >= 4 is 23.2 Å². The average molecular weight is 453 g/mol. The second kappa shape index (κ2) is 8.61. The quantitative estimate of drug-likeness (QED) is 0.694. The number of hydrogen-bond acceptors (Lipinski definition) is 5. The van der Waals surface area contributed by atoms with Crippen LogP contribution in [0.4, 0.5) is 11.4 Å². The van der Waals surface area contributed by atoms with Crippen LogP contribution in [-0.2, 0) is 16.0 Å². The first-order chi connectivity index (χ1) is 15.6. The molecule has 0 fully saturated rings. The number of anilines is 2. The van der Waals surface area contributed by atoms with Crippen LogP contribution in [0.3, 0.4) is 0 Å². The van der Waals surface area contributed by atoms with Crippen LogP contribution in [0.25, 0.3) is 0 Å². The van der Waals surface area contributed by atoms with Gasteiger partial charge in [0.1, 0.15) is 18.0 Å². The molecular weight excluding hydrogens is 420 g/mol. The van der Waals surface area contributed by atoms with Gasteiger partial charge < -0.3 is 24.4 Å². The zero-order chi connectivity index (χ0) is 23.8.